The van der Waals surface area contributed by atoms with Gasteiger partial charge in [-0.05, 0) is 36.1 Å². The highest BCUT2D eigenvalue weighted by molar-refractivity contribution is 8.00. The maximum Gasteiger partial charge on any atom is 0.334 e. The molecule has 3 heterocycles. The van der Waals surface area contributed by atoms with Gasteiger partial charge in [-0.15, -0.1) is 16.7 Å². The molecule has 3 unspecified atom stereocenters. The van der Waals surface area contributed by atoms with E-state index in [2.05, 4.69) is 11.9 Å². The molecule has 0 radical (unpaired) electrons. The van der Waals surface area contributed by atoms with Crippen LogP contribution in [-0.4, -0.2) is 61.5 Å². The van der Waals surface area contributed by atoms with Gasteiger partial charge in [0, 0.05) is 5.75 Å². The van der Waals surface area contributed by atoms with E-state index in [1.165, 1.54) is 26.6 Å². The summed E-state index contributed by atoms with van der Waals surface area (Å²) in [4.78, 5) is 56.5. The monoisotopic (exact) mass is 582 g/mol. The van der Waals surface area contributed by atoms with Crippen LogP contribution in [0.2, 0.25) is 0 Å². The number of ether oxygens (including phenoxy) is 1. The minimum Gasteiger partial charge on any atom is -0.451 e. The van der Waals surface area contributed by atoms with Crippen molar-refractivity contribution in [2.24, 2.45) is 5.29 Å². The Morgan fingerprint density at radius 1 is 0.929 bits per heavy atom. The molecule has 42 heavy (non-hydrogen) atoms. The Hall–Kier alpha value is -4.44. The van der Waals surface area contributed by atoms with E-state index in [1.54, 1.807) is 38.1 Å². The molecule has 0 N–H and O–H groups in total. The van der Waals surface area contributed by atoms with Crippen LogP contribution in [0.15, 0.2) is 108 Å². The number of thioether (sulfide) groups is 1. The first-order valence-electron chi connectivity index (χ1n) is 13.7. The molecule has 3 fully saturated rings. The van der Waals surface area contributed by atoms with Gasteiger partial charge in [0.05, 0.1) is 5.29 Å². The van der Waals surface area contributed by atoms with Crippen LogP contribution in [0, 0.1) is 4.91 Å². The third-order valence-corrected chi connectivity index (χ3v) is 9.53. The number of nitroso groups, excluding NO2 is 1. The molecule has 10 heteroatoms. The number of esters is 1. The highest BCUT2D eigenvalue weighted by atomic mass is 32.2. The first-order valence-corrected chi connectivity index (χ1v) is 14.7. The van der Waals surface area contributed by atoms with Crippen molar-refractivity contribution >= 4 is 29.5 Å². The van der Waals surface area contributed by atoms with E-state index in [4.69, 9.17) is 4.74 Å². The van der Waals surface area contributed by atoms with Gasteiger partial charge in [0.25, 0.3) is 11.8 Å². The molecule has 3 aliphatic heterocycles. The molecule has 3 aromatic rings. The van der Waals surface area contributed by atoms with Gasteiger partial charge >= 0.3 is 5.97 Å². The second-order valence-corrected chi connectivity index (χ2v) is 12.1. The fourth-order valence-electron chi connectivity index (χ4n) is 6.14. The van der Waals surface area contributed by atoms with Crippen molar-refractivity contribution in [2.75, 3.05) is 5.75 Å². The Balaban J connectivity index is 1.28. The maximum absolute atomic E-state index is 13.9. The van der Waals surface area contributed by atoms with Crippen LogP contribution in [0.3, 0.4) is 0 Å². The van der Waals surface area contributed by atoms with E-state index in [1.807, 2.05) is 66.7 Å². The fourth-order valence-corrected chi connectivity index (χ4v) is 7.49. The zero-order valence-corrected chi connectivity index (χ0v) is 24.0. The van der Waals surface area contributed by atoms with Crippen molar-refractivity contribution in [1.82, 2.24) is 14.8 Å². The van der Waals surface area contributed by atoms with Crippen LogP contribution in [0.5, 0.6) is 0 Å². The summed E-state index contributed by atoms with van der Waals surface area (Å²) in [7, 11) is 0. The summed E-state index contributed by atoms with van der Waals surface area (Å²) in [5.41, 5.74) is 1.59. The first kappa shape index (κ1) is 27.7. The van der Waals surface area contributed by atoms with Gasteiger partial charge in [0.15, 0.2) is 18.2 Å². The van der Waals surface area contributed by atoms with Crippen LogP contribution in [-0.2, 0) is 19.1 Å². The number of amides is 2. The average molecular weight is 583 g/mol. The molecule has 6 rings (SSSR count). The average Bonchev–Trinajstić information content (AvgIpc) is 3.21. The minimum absolute atomic E-state index is 0.388. The smallest absolute Gasteiger partial charge is 0.334 e. The fraction of sp³-hybridized carbons (Fsp3) is 0.281. The number of carbonyl (C=O) groups is 3. The molecule has 0 aromatic heterocycles. The molecular weight excluding hydrogens is 552 g/mol. The van der Waals surface area contributed by atoms with E-state index >= 15 is 0 Å². The van der Waals surface area contributed by atoms with Crippen LogP contribution >= 0.6 is 11.8 Å². The molecule has 4 atom stereocenters. The largest absolute Gasteiger partial charge is 0.451 e. The second-order valence-electron chi connectivity index (χ2n) is 11.0. The Bertz CT molecular complexity index is 1490. The van der Waals surface area contributed by atoms with Crippen molar-refractivity contribution < 1.29 is 19.1 Å². The summed E-state index contributed by atoms with van der Waals surface area (Å²) >= 11 is 1.44. The van der Waals surface area contributed by atoms with Gasteiger partial charge in [-0.25, -0.2) is 9.80 Å². The summed E-state index contributed by atoms with van der Waals surface area (Å²) in [6, 6.07) is 24.9. The van der Waals surface area contributed by atoms with Crippen LogP contribution < -0.4 is 0 Å². The quantitative estimate of drug-likeness (QED) is 0.170. The third-order valence-electron chi connectivity index (χ3n) is 8.17. The molecule has 3 aromatic carbocycles. The predicted molar refractivity (Wildman–Crippen MR) is 158 cm³/mol. The van der Waals surface area contributed by atoms with Gasteiger partial charge in [0.1, 0.15) is 17.1 Å². The van der Waals surface area contributed by atoms with Gasteiger partial charge in [-0.1, -0.05) is 97.6 Å². The highest BCUT2D eigenvalue weighted by Crippen LogP contribution is 2.49. The lowest BCUT2D eigenvalue weighted by molar-refractivity contribution is -0.175. The number of fused-ring (bicyclic) bond motifs is 1. The summed E-state index contributed by atoms with van der Waals surface area (Å²) in [6.45, 7) is 7.51. The number of rotatable bonds is 7. The zero-order chi connectivity index (χ0) is 29.6. The standard InChI is InChI=1S/C32H30N4O5S/c1-20-19-42-30-26(35-29(38)25(21-13-7-4-8-14-21)36(33-40)32(35,2)3)28(37)34(30)24(20)31(39)41-27(22-15-9-5-10-16-22)23-17-11-6-12-18-23/h4-18,24-27,30H,1,19H2,2-3H3/t24?,25?,26?,30-/m1/s1. The molecule has 0 spiro atoms. The molecule has 214 valence electrons. The Morgan fingerprint density at radius 3 is 2.02 bits per heavy atom. The summed E-state index contributed by atoms with van der Waals surface area (Å²) in [5, 5.41) is 3.91. The number of hydrogen-bond donors (Lipinski definition) is 0. The summed E-state index contributed by atoms with van der Waals surface area (Å²) < 4.78 is 6.12. The topological polar surface area (TPSA) is 99.6 Å². The summed E-state index contributed by atoms with van der Waals surface area (Å²) in [5.74, 6) is -0.958. The summed E-state index contributed by atoms with van der Waals surface area (Å²) in [6.07, 6.45) is -0.675. The molecule has 9 nitrogen and oxygen atoms in total. The Morgan fingerprint density at radius 2 is 1.48 bits per heavy atom. The lowest BCUT2D eigenvalue weighted by atomic mass is 9.95. The van der Waals surface area contributed by atoms with Crippen molar-refractivity contribution in [3.8, 4) is 0 Å². The Labute approximate surface area is 248 Å². The predicted octanol–water partition coefficient (Wildman–Crippen LogP) is 4.83. The molecule has 0 aliphatic carbocycles. The number of carbonyl (C=O) groups excluding carboxylic acids is 3. The van der Waals surface area contributed by atoms with Crippen LogP contribution in [0.25, 0.3) is 0 Å². The Kier molecular flexibility index (Phi) is 7.10. The first-order chi connectivity index (χ1) is 20.3. The van der Waals surface area contributed by atoms with Crippen LogP contribution in [0.1, 0.15) is 42.7 Å². The molecule has 0 bridgehead atoms. The number of benzene rings is 3. The zero-order valence-electron chi connectivity index (χ0n) is 23.2. The number of nitrogens with zero attached hydrogens (tertiary/aromatic N) is 4. The van der Waals surface area contributed by atoms with Crippen LogP contribution in [0.4, 0.5) is 0 Å². The molecule has 3 aliphatic rings. The third kappa shape index (κ3) is 4.37. The number of hydrogen-bond acceptors (Lipinski definition) is 7. The second kappa shape index (κ2) is 10.8. The van der Waals surface area contributed by atoms with E-state index in [0.717, 1.165) is 11.1 Å². The van der Waals surface area contributed by atoms with Gasteiger partial charge in [-0.2, -0.15) is 0 Å². The van der Waals surface area contributed by atoms with E-state index in [9.17, 15) is 19.3 Å². The molecular formula is C32H30N4O5S. The van der Waals surface area contributed by atoms with Crippen molar-refractivity contribution in [3.63, 3.8) is 0 Å². The van der Waals surface area contributed by atoms with Crippen molar-refractivity contribution in [3.05, 3.63) is 125 Å². The molecule has 2 amide bonds. The normalized spacial score (nSPS) is 24.8. The lowest BCUT2D eigenvalue weighted by Crippen LogP contribution is -2.77. The lowest BCUT2D eigenvalue weighted by Gasteiger charge is -2.56. The minimum atomic E-state index is -1.18. The SMILES string of the molecule is C=C1CS[C@@H]2C(N3C(=O)C(c4ccccc4)N(N=O)C3(C)C)C(=O)N2C1C(=O)OC(c1ccccc1)c1ccccc1. The van der Waals surface area contributed by atoms with Crippen molar-refractivity contribution in [2.45, 2.75) is 49.1 Å². The van der Waals surface area contributed by atoms with Gasteiger partial charge in [-0.3, -0.25) is 9.59 Å². The van der Waals surface area contributed by atoms with E-state index in [0.29, 0.717) is 16.9 Å². The maximum atomic E-state index is 13.9. The van der Waals surface area contributed by atoms with E-state index < -0.39 is 47.1 Å². The highest BCUT2D eigenvalue weighted by Gasteiger charge is 2.65. The van der Waals surface area contributed by atoms with E-state index in [-0.39, 0.29) is 5.91 Å². The molecule has 0 saturated carbocycles. The van der Waals surface area contributed by atoms with Crippen molar-refractivity contribution in [1.29, 1.82) is 0 Å². The van der Waals surface area contributed by atoms with Gasteiger partial charge in [0.2, 0.25) is 0 Å². The van der Waals surface area contributed by atoms with Gasteiger partial charge < -0.3 is 14.5 Å². The number of β-lactam (4-membered cyclic amide) rings is 1. The molecule has 3 saturated heterocycles.